The van der Waals surface area contributed by atoms with E-state index in [0.717, 1.165) is 36.9 Å². The molecule has 0 bridgehead atoms. The van der Waals surface area contributed by atoms with Gasteiger partial charge in [0.1, 0.15) is 0 Å². The molecule has 5 nitrogen and oxygen atoms in total. The average Bonchev–Trinajstić information content (AvgIpc) is 3.19. The molecule has 0 amide bonds. The molecule has 0 radical (unpaired) electrons. The molecule has 3 aromatic rings. The minimum absolute atomic E-state index is 0.287. The van der Waals surface area contributed by atoms with Gasteiger partial charge in [-0.1, -0.05) is 47.5 Å². The van der Waals surface area contributed by atoms with Gasteiger partial charge in [-0.3, -0.25) is 4.79 Å². The zero-order valence-corrected chi connectivity index (χ0v) is 17.8. The molecule has 1 fully saturated rings. The standard InChI is InChI=1S/C23H22Cl2N2O3/c24-19-10-9-18(12-20(19)25)27-23-26-13-21(30-23)17-7-5-16(6-8-17)15-3-1-14(2-4-15)11-22(28)29/h5-10,12-15H,1-4,11H2,(H,26,27)(H,28,29). The van der Waals surface area contributed by atoms with Crippen molar-refractivity contribution in [2.45, 2.75) is 38.0 Å². The number of rotatable bonds is 6. The largest absolute Gasteiger partial charge is 0.481 e. The molecule has 7 heteroatoms. The van der Waals surface area contributed by atoms with E-state index in [4.69, 9.17) is 32.7 Å². The van der Waals surface area contributed by atoms with Gasteiger partial charge in [-0.05, 0) is 61.3 Å². The Morgan fingerprint density at radius 1 is 1.07 bits per heavy atom. The van der Waals surface area contributed by atoms with Crippen LogP contribution in [0.2, 0.25) is 10.0 Å². The second kappa shape index (κ2) is 9.11. The average molecular weight is 445 g/mol. The number of carboxylic acid groups (broad SMARTS) is 1. The van der Waals surface area contributed by atoms with Crippen LogP contribution in [0.4, 0.5) is 11.7 Å². The second-order valence-corrected chi connectivity index (χ2v) is 8.54. The zero-order valence-electron chi connectivity index (χ0n) is 16.3. The molecule has 0 saturated heterocycles. The van der Waals surface area contributed by atoms with Crippen molar-refractivity contribution in [3.63, 3.8) is 0 Å². The highest BCUT2D eigenvalue weighted by atomic mass is 35.5. The fourth-order valence-corrected chi connectivity index (χ4v) is 4.33. The summed E-state index contributed by atoms with van der Waals surface area (Å²) >= 11 is 12.0. The third-order valence-electron chi connectivity index (χ3n) is 5.65. The number of anilines is 2. The van der Waals surface area contributed by atoms with E-state index in [9.17, 15) is 4.79 Å². The number of oxazole rings is 1. The number of aromatic nitrogens is 1. The first-order chi connectivity index (χ1) is 14.5. The van der Waals surface area contributed by atoms with Crippen molar-refractivity contribution in [2.24, 2.45) is 5.92 Å². The quantitative estimate of drug-likeness (QED) is 0.422. The van der Waals surface area contributed by atoms with Gasteiger partial charge >= 0.3 is 5.97 Å². The van der Waals surface area contributed by atoms with E-state index in [2.05, 4.69) is 22.4 Å². The van der Waals surface area contributed by atoms with Crippen LogP contribution in [-0.4, -0.2) is 16.1 Å². The Hall–Kier alpha value is -2.50. The summed E-state index contributed by atoms with van der Waals surface area (Å²) in [5.41, 5.74) is 2.99. The molecule has 156 valence electrons. The number of halogens is 2. The lowest BCUT2D eigenvalue weighted by atomic mass is 9.77. The first kappa shape index (κ1) is 20.8. The predicted molar refractivity (Wildman–Crippen MR) is 119 cm³/mol. The third-order valence-corrected chi connectivity index (χ3v) is 6.39. The molecule has 1 saturated carbocycles. The first-order valence-electron chi connectivity index (χ1n) is 9.98. The fraction of sp³-hybridized carbons (Fsp3) is 0.304. The molecular formula is C23H22Cl2N2O3. The van der Waals surface area contributed by atoms with Gasteiger partial charge < -0.3 is 14.8 Å². The van der Waals surface area contributed by atoms with Gasteiger partial charge in [0.25, 0.3) is 6.01 Å². The summed E-state index contributed by atoms with van der Waals surface area (Å²) in [5, 5.41) is 13.0. The number of hydrogen-bond donors (Lipinski definition) is 2. The topological polar surface area (TPSA) is 75.4 Å². The number of benzene rings is 2. The van der Waals surface area contributed by atoms with Crippen LogP contribution in [0.25, 0.3) is 11.3 Å². The normalized spacial score (nSPS) is 18.9. The maximum atomic E-state index is 10.9. The van der Waals surface area contributed by atoms with Crippen molar-refractivity contribution in [3.05, 3.63) is 64.3 Å². The van der Waals surface area contributed by atoms with E-state index in [-0.39, 0.29) is 6.42 Å². The SMILES string of the molecule is O=C(O)CC1CCC(c2ccc(-c3cnc(Nc4ccc(Cl)c(Cl)c4)o3)cc2)CC1. The lowest BCUT2D eigenvalue weighted by molar-refractivity contribution is -0.138. The Bertz CT molecular complexity index is 1030. The van der Waals surface area contributed by atoms with Crippen LogP contribution in [0.5, 0.6) is 0 Å². The molecule has 1 aliphatic carbocycles. The van der Waals surface area contributed by atoms with Crippen molar-refractivity contribution in [1.82, 2.24) is 4.98 Å². The monoisotopic (exact) mass is 444 g/mol. The Morgan fingerprint density at radius 3 is 2.47 bits per heavy atom. The zero-order chi connectivity index (χ0) is 21.1. The molecule has 2 N–H and O–H groups in total. The molecule has 0 atom stereocenters. The lowest BCUT2D eigenvalue weighted by Crippen LogP contribution is -2.16. The second-order valence-electron chi connectivity index (χ2n) is 7.72. The number of carboxylic acids is 1. The minimum atomic E-state index is -0.692. The summed E-state index contributed by atoms with van der Waals surface area (Å²) in [7, 11) is 0. The van der Waals surface area contributed by atoms with Crippen LogP contribution >= 0.6 is 23.2 Å². The van der Waals surface area contributed by atoms with Gasteiger partial charge in [-0.25, -0.2) is 4.98 Å². The molecular weight excluding hydrogens is 423 g/mol. The van der Waals surface area contributed by atoms with Crippen molar-refractivity contribution in [2.75, 3.05) is 5.32 Å². The smallest absolute Gasteiger partial charge is 0.303 e. The van der Waals surface area contributed by atoms with Crippen molar-refractivity contribution < 1.29 is 14.3 Å². The highest BCUT2D eigenvalue weighted by Crippen LogP contribution is 2.38. The maximum absolute atomic E-state index is 10.9. The van der Waals surface area contributed by atoms with Crippen molar-refractivity contribution in [1.29, 1.82) is 0 Å². The van der Waals surface area contributed by atoms with Crippen LogP contribution in [0.15, 0.2) is 53.1 Å². The van der Waals surface area contributed by atoms with Crippen molar-refractivity contribution >= 4 is 40.9 Å². The Balaban J connectivity index is 1.39. The van der Waals surface area contributed by atoms with E-state index in [0.29, 0.717) is 33.7 Å². The summed E-state index contributed by atoms with van der Waals surface area (Å²) < 4.78 is 5.83. The highest BCUT2D eigenvalue weighted by Gasteiger charge is 2.24. The number of nitrogens with zero attached hydrogens (tertiary/aromatic N) is 1. The molecule has 1 heterocycles. The maximum Gasteiger partial charge on any atom is 0.303 e. The van der Waals surface area contributed by atoms with Crippen LogP contribution in [-0.2, 0) is 4.79 Å². The summed E-state index contributed by atoms with van der Waals surface area (Å²) in [6.07, 6.45) is 6.01. The van der Waals surface area contributed by atoms with E-state index in [1.165, 1.54) is 5.56 Å². The molecule has 0 aliphatic heterocycles. The third kappa shape index (κ3) is 4.97. The fourth-order valence-electron chi connectivity index (χ4n) is 4.03. The molecule has 1 aliphatic rings. The molecule has 30 heavy (non-hydrogen) atoms. The molecule has 4 rings (SSSR count). The predicted octanol–water partition coefficient (Wildman–Crippen LogP) is 7.14. The minimum Gasteiger partial charge on any atom is -0.481 e. The summed E-state index contributed by atoms with van der Waals surface area (Å²) in [5.74, 6) is 0.788. The lowest BCUT2D eigenvalue weighted by Gasteiger charge is -2.28. The van der Waals surface area contributed by atoms with Crippen LogP contribution < -0.4 is 5.32 Å². The number of carbonyl (C=O) groups is 1. The van der Waals surface area contributed by atoms with Gasteiger partial charge in [0.15, 0.2) is 5.76 Å². The molecule has 1 aromatic heterocycles. The van der Waals surface area contributed by atoms with E-state index in [1.54, 1.807) is 24.4 Å². The molecule has 2 aromatic carbocycles. The molecule has 0 unspecified atom stereocenters. The number of nitrogens with one attached hydrogen (secondary N) is 1. The molecule has 0 spiro atoms. The first-order valence-corrected chi connectivity index (χ1v) is 10.7. The number of hydrogen-bond acceptors (Lipinski definition) is 4. The van der Waals surface area contributed by atoms with Crippen LogP contribution in [0.1, 0.15) is 43.6 Å². The summed E-state index contributed by atoms with van der Waals surface area (Å²) in [4.78, 5) is 15.2. The van der Waals surface area contributed by atoms with Crippen LogP contribution in [0.3, 0.4) is 0 Å². The highest BCUT2D eigenvalue weighted by molar-refractivity contribution is 6.42. The Kier molecular flexibility index (Phi) is 6.30. The van der Waals surface area contributed by atoms with Gasteiger partial charge in [0.05, 0.1) is 16.2 Å². The van der Waals surface area contributed by atoms with Gasteiger partial charge in [0.2, 0.25) is 0 Å². The van der Waals surface area contributed by atoms with Gasteiger partial charge in [-0.2, -0.15) is 0 Å². The van der Waals surface area contributed by atoms with Crippen LogP contribution in [0, 0.1) is 5.92 Å². The van der Waals surface area contributed by atoms with Gasteiger partial charge in [-0.15, -0.1) is 0 Å². The summed E-state index contributed by atoms with van der Waals surface area (Å²) in [6, 6.07) is 14.0. The van der Waals surface area contributed by atoms with E-state index in [1.807, 2.05) is 12.1 Å². The summed E-state index contributed by atoms with van der Waals surface area (Å²) in [6.45, 7) is 0. The van der Waals surface area contributed by atoms with E-state index >= 15 is 0 Å². The van der Waals surface area contributed by atoms with Crippen molar-refractivity contribution in [3.8, 4) is 11.3 Å². The Morgan fingerprint density at radius 2 is 1.80 bits per heavy atom. The Labute approximate surface area is 185 Å². The number of aliphatic carboxylic acids is 1. The van der Waals surface area contributed by atoms with E-state index < -0.39 is 5.97 Å². The van der Waals surface area contributed by atoms with Gasteiger partial charge in [0, 0.05) is 17.7 Å².